The highest BCUT2D eigenvalue weighted by Gasteiger charge is 2.30. The highest BCUT2D eigenvalue weighted by molar-refractivity contribution is 7.74. The van der Waals surface area contributed by atoms with Crippen LogP contribution in [0.25, 0.3) is 0 Å². The zero-order valence-corrected chi connectivity index (χ0v) is 15.7. The van der Waals surface area contributed by atoms with Crippen LogP contribution < -0.4 is 0 Å². The predicted molar refractivity (Wildman–Crippen MR) is 92.6 cm³/mol. The van der Waals surface area contributed by atoms with E-state index in [1.165, 1.54) is 0 Å². The molecule has 0 spiro atoms. The summed E-state index contributed by atoms with van der Waals surface area (Å²) < 4.78 is 24.1. The number of hydrogen-bond acceptors (Lipinski definition) is 4. The first-order valence-corrected chi connectivity index (χ1v) is 8.63. The lowest BCUT2D eigenvalue weighted by Crippen LogP contribution is -2.22. The number of aliphatic carboxylic acids is 1. The van der Waals surface area contributed by atoms with Gasteiger partial charge in [0, 0.05) is 0 Å². The van der Waals surface area contributed by atoms with E-state index in [0.29, 0.717) is 16.7 Å². The molecule has 0 aliphatic heterocycles. The second-order valence-electron chi connectivity index (χ2n) is 7.86. The van der Waals surface area contributed by atoms with Crippen LogP contribution in [0.3, 0.4) is 0 Å². The SMILES string of the molecule is CC(C)(C)c1cc(C(COS(=O)O)C(=O)O)cc(C(C)(C)C)c1O. The van der Waals surface area contributed by atoms with E-state index in [1.54, 1.807) is 12.1 Å². The predicted octanol–water partition coefficient (Wildman–Crippen LogP) is 3.31. The molecule has 0 heterocycles. The van der Waals surface area contributed by atoms with Crippen molar-refractivity contribution >= 4 is 17.3 Å². The minimum atomic E-state index is -2.54. The van der Waals surface area contributed by atoms with Gasteiger partial charge in [-0.3, -0.25) is 13.5 Å². The van der Waals surface area contributed by atoms with Gasteiger partial charge >= 0.3 is 17.3 Å². The van der Waals surface area contributed by atoms with Crippen molar-refractivity contribution in [1.82, 2.24) is 0 Å². The quantitative estimate of drug-likeness (QED) is 0.698. The molecule has 0 fully saturated rings. The van der Waals surface area contributed by atoms with Crippen LogP contribution in [0.1, 0.15) is 64.2 Å². The summed E-state index contributed by atoms with van der Waals surface area (Å²) >= 11 is -2.54. The number of phenolic OH excluding ortho intramolecular Hbond substituents is 1. The summed E-state index contributed by atoms with van der Waals surface area (Å²) in [6, 6.07) is 3.26. The van der Waals surface area contributed by atoms with Crippen molar-refractivity contribution in [1.29, 1.82) is 0 Å². The summed E-state index contributed by atoms with van der Waals surface area (Å²) in [6.45, 7) is 11.1. The molecule has 6 nitrogen and oxygen atoms in total. The Labute approximate surface area is 145 Å². The van der Waals surface area contributed by atoms with E-state index in [2.05, 4.69) is 4.18 Å². The van der Waals surface area contributed by atoms with Crippen molar-refractivity contribution in [3.8, 4) is 5.75 Å². The van der Waals surface area contributed by atoms with Gasteiger partial charge in [-0.2, -0.15) is 4.21 Å². The standard InChI is InChI=1S/C17H26O6S/c1-16(2,3)12-7-10(8-13(14(12)18)17(4,5)6)11(15(19)20)9-23-24(21)22/h7-8,11,18H,9H2,1-6H3,(H,19,20)(H,21,22). The van der Waals surface area contributed by atoms with Crippen LogP contribution in [0.15, 0.2) is 12.1 Å². The fraction of sp³-hybridized carbons (Fsp3) is 0.588. The largest absolute Gasteiger partial charge is 0.507 e. The fourth-order valence-corrected chi connectivity index (χ4v) is 2.69. The number of carbonyl (C=O) groups is 1. The lowest BCUT2D eigenvalue weighted by atomic mass is 9.77. The van der Waals surface area contributed by atoms with Gasteiger partial charge in [0.15, 0.2) is 0 Å². The maximum atomic E-state index is 11.6. The molecular weight excluding hydrogens is 332 g/mol. The van der Waals surface area contributed by atoms with Gasteiger partial charge in [0.05, 0.1) is 6.61 Å². The Hall–Kier alpha value is -1.44. The maximum absolute atomic E-state index is 11.6. The van der Waals surface area contributed by atoms with Gasteiger partial charge in [-0.15, -0.1) is 0 Å². The Morgan fingerprint density at radius 3 is 1.83 bits per heavy atom. The molecule has 0 saturated carbocycles. The monoisotopic (exact) mass is 358 g/mol. The summed E-state index contributed by atoms with van der Waals surface area (Å²) in [5.41, 5.74) is 0.885. The summed E-state index contributed by atoms with van der Waals surface area (Å²) in [5, 5.41) is 20.1. The van der Waals surface area contributed by atoms with Gasteiger partial charge in [0.1, 0.15) is 11.7 Å². The molecule has 1 aromatic rings. The van der Waals surface area contributed by atoms with Crippen molar-refractivity contribution in [2.45, 2.75) is 58.3 Å². The van der Waals surface area contributed by atoms with Gasteiger partial charge in [-0.05, 0) is 27.5 Å². The molecule has 2 unspecified atom stereocenters. The molecule has 2 atom stereocenters. The second-order valence-corrected chi connectivity index (χ2v) is 8.53. The molecule has 0 aromatic heterocycles. The van der Waals surface area contributed by atoms with Crippen molar-refractivity contribution in [3.05, 3.63) is 28.8 Å². The van der Waals surface area contributed by atoms with Crippen LogP contribution in [0.4, 0.5) is 0 Å². The molecule has 0 saturated heterocycles. The highest BCUT2D eigenvalue weighted by Crippen LogP contribution is 2.41. The summed E-state index contributed by atoms with van der Waals surface area (Å²) in [4.78, 5) is 11.6. The summed E-state index contributed by atoms with van der Waals surface area (Å²) in [7, 11) is 0. The summed E-state index contributed by atoms with van der Waals surface area (Å²) in [5.74, 6) is -2.12. The van der Waals surface area contributed by atoms with Gasteiger partial charge in [0.2, 0.25) is 0 Å². The molecule has 7 heteroatoms. The van der Waals surface area contributed by atoms with E-state index in [4.69, 9.17) is 4.55 Å². The van der Waals surface area contributed by atoms with Crippen molar-refractivity contribution < 1.29 is 28.0 Å². The van der Waals surface area contributed by atoms with Gasteiger partial charge in [-0.25, -0.2) is 0 Å². The number of aromatic hydroxyl groups is 1. The van der Waals surface area contributed by atoms with Crippen LogP contribution >= 0.6 is 0 Å². The number of benzene rings is 1. The number of carboxylic acid groups (broad SMARTS) is 1. The molecule has 136 valence electrons. The maximum Gasteiger partial charge on any atom is 0.313 e. The molecule has 3 N–H and O–H groups in total. The lowest BCUT2D eigenvalue weighted by molar-refractivity contribution is -0.139. The second kappa shape index (κ2) is 7.21. The van der Waals surface area contributed by atoms with Crippen LogP contribution in [0.5, 0.6) is 5.75 Å². The topological polar surface area (TPSA) is 104 Å². The van der Waals surface area contributed by atoms with Crippen LogP contribution in [-0.4, -0.2) is 31.6 Å². The minimum Gasteiger partial charge on any atom is -0.507 e. The summed E-state index contributed by atoms with van der Waals surface area (Å²) in [6.07, 6.45) is 0. The average Bonchev–Trinajstić information content (AvgIpc) is 2.36. The molecule has 0 amide bonds. The van der Waals surface area contributed by atoms with E-state index in [-0.39, 0.29) is 5.75 Å². The van der Waals surface area contributed by atoms with Crippen molar-refractivity contribution in [2.24, 2.45) is 0 Å². The zero-order chi connectivity index (χ0) is 18.9. The first-order valence-electron chi connectivity index (χ1n) is 7.60. The highest BCUT2D eigenvalue weighted by atomic mass is 32.2. The van der Waals surface area contributed by atoms with Crippen LogP contribution in [0.2, 0.25) is 0 Å². The van der Waals surface area contributed by atoms with E-state index >= 15 is 0 Å². The molecule has 0 radical (unpaired) electrons. The molecule has 1 aromatic carbocycles. The third kappa shape index (κ3) is 5.03. The molecule has 1 rings (SSSR count). The molecule has 24 heavy (non-hydrogen) atoms. The first-order chi connectivity index (χ1) is 10.7. The number of hydrogen-bond donors (Lipinski definition) is 3. The lowest BCUT2D eigenvalue weighted by Gasteiger charge is -2.29. The van der Waals surface area contributed by atoms with Crippen molar-refractivity contribution in [2.75, 3.05) is 6.61 Å². The van der Waals surface area contributed by atoms with E-state index in [9.17, 15) is 19.2 Å². The molecule has 0 aliphatic rings. The van der Waals surface area contributed by atoms with Crippen LogP contribution in [0, 0.1) is 0 Å². The number of rotatable bonds is 5. The smallest absolute Gasteiger partial charge is 0.313 e. The third-order valence-corrected chi connectivity index (χ3v) is 4.12. The Morgan fingerprint density at radius 2 is 1.54 bits per heavy atom. The Bertz CT molecular complexity index is 604. The minimum absolute atomic E-state index is 0.148. The Balaban J connectivity index is 3.56. The molecular formula is C17H26O6S. The van der Waals surface area contributed by atoms with E-state index in [1.807, 2.05) is 41.5 Å². The van der Waals surface area contributed by atoms with Gasteiger partial charge in [0.25, 0.3) is 0 Å². The van der Waals surface area contributed by atoms with Crippen molar-refractivity contribution in [3.63, 3.8) is 0 Å². The Kier molecular flexibility index (Phi) is 6.19. The number of phenols is 1. The first kappa shape index (κ1) is 20.6. The van der Waals surface area contributed by atoms with E-state index < -0.39 is 40.7 Å². The normalized spacial score (nSPS) is 15.1. The number of carboxylic acids is 1. The average molecular weight is 358 g/mol. The van der Waals surface area contributed by atoms with Crippen LogP contribution in [-0.2, 0) is 31.2 Å². The zero-order valence-electron chi connectivity index (χ0n) is 14.9. The van der Waals surface area contributed by atoms with E-state index in [0.717, 1.165) is 0 Å². The van der Waals surface area contributed by atoms with Gasteiger partial charge < -0.3 is 10.2 Å². The van der Waals surface area contributed by atoms with Gasteiger partial charge in [-0.1, -0.05) is 53.7 Å². The third-order valence-electron chi connectivity index (χ3n) is 3.78. The fourth-order valence-electron chi connectivity index (χ4n) is 2.44. The Morgan fingerprint density at radius 1 is 1.12 bits per heavy atom. The molecule has 0 bridgehead atoms. The molecule has 0 aliphatic carbocycles.